The summed E-state index contributed by atoms with van der Waals surface area (Å²) in [6.45, 7) is 0. The van der Waals surface area contributed by atoms with E-state index < -0.39 is 0 Å². The van der Waals surface area contributed by atoms with E-state index in [1.54, 1.807) is 4.90 Å². The van der Waals surface area contributed by atoms with Crippen molar-refractivity contribution in [3.05, 3.63) is 24.3 Å². The van der Waals surface area contributed by atoms with Gasteiger partial charge in [-0.2, -0.15) is 11.8 Å². The molecule has 1 aromatic carbocycles. The van der Waals surface area contributed by atoms with E-state index in [2.05, 4.69) is 0 Å². The molecule has 3 nitrogen and oxygen atoms in total. The molecule has 0 radical (unpaired) electrons. The number of thioether (sulfide) groups is 1. The van der Waals surface area contributed by atoms with Crippen molar-refractivity contribution in [2.24, 2.45) is 5.92 Å². The summed E-state index contributed by atoms with van der Waals surface area (Å²) in [6.07, 6.45) is 2.97. The fourth-order valence-electron chi connectivity index (χ4n) is 2.26. The molecule has 0 saturated carbocycles. The van der Waals surface area contributed by atoms with Crippen LogP contribution in [-0.4, -0.2) is 24.5 Å². The average Bonchev–Trinajstić information content (AvgIpc) is 2.39. The number of nitrogen functional groups attached to an aromatic ring is 1. The Hall–Kier alpha value is -1.16. The topological polar surface area (TPSA) is 46.3 Å². The van der Waals surface area contributed by atoms with E-state index in [4.69, 9.17) is 5.73 Å². The monoisotopic (exact) mass is 264 g/mol. The lowest BCUT2D eigenvalue weighted by Gasteiger charge is -2.24. The molecule has 0 bridgehead atoms. The van der Waals surface area contributed by atoms with E-state index in [9.17, 15) is 4.79 Å². The number of nitrogens with zero attached hydrogens (tertiary/aromatic N) is 1. The Kier molecular flexibility index (Phi) is 4.53. The van der Waals surface area contributed by atoms with Crippen LogP contribution in [0.3, 0.4) is 0 Å². The summed E-state index contributed by atoms with van der Waals surface area (Å²) in [6, 6.07) is 7.52. The largest absolute Gasteiger partial charge is 0.397 e. The molecule has 1 amide bonds. The van der Waals surface area contributed by atoms with Crippen LogP contribution in [0.5, 0.6) is 0 Å². The zero-order chi connectivity index (χ0) is 13.0. The van der Waals surface area contributed by atoms with Crippen LogP contribution in [0.1, 0.15) is 19.3 Å². The molecule has 0 atom stereocenters. The van der Waals surface area contributed by atoms with Gasteiger partial charge in [0.15, 0.2) is 0 Å². The van der Waals surface area contributed by atoms with Crippen LogP contribution >= 0.6 is 11.8 Å². The first-order valence-corrected chi connectivity index (χ1v) is 7.52. The summed E-state index contributed by atoms with van der Waals surface area (Å²) >= 11 is 1.99. The molecule has 1 fully saturated rings. The van der Waals surface area contributed by atoms with E-state index >= 15 is 0 Å². The highest BCUT2D eigenvalue weighted by molar-refractivity contribution is 7.99. The molecule has 1 aliphatic heterocycles. The number of para-hydroxylation sites is 2. The second-order valence-electron chi connectivity index (χ2n) is 4.77. The number of rotatable bonds is 3. The maximum absolute atomic E-state index is 12.2. The van der Waals surface area contributed by atoms with Crippen molar-refractivity contribution in [3.8, 4) is 0 Å². The van der Waals surface area contributed by atoms with Gasteiger partial charge in [-0.05, 0) is 42.4 Å². The smallest absolute Gasteiger partial charge is 0.227 e. The lowest BCUT2D eigenvalue weighted by Crippen LogP contribution is -2.29. The summed E-state index contributed by atoms with van der Waals surface area (Å²) in [5.41, 5.74) is 7.37. The van der Waals surface area contributed by atoms with Crippen molar-refractivity contribution in [3.63, 3.8) is 0 Å². The Morgan fingerprint density at radius 3 is 2.72 bits per heavy atom. The van der Waals surface area contributed by atoms with Crippen LogP contribution < -0.4 is 10.6 Å². The van der Waals surface area contributed by atoms with E-state index in [1.165, 1.54) is 11.5 Å². The standard InChI is InChI=1S/C14H20N2OS/c1-16(13-5-3-2-4-12(13)15)14(17)10-11-6-8-18-9-7-11/h2-5,11H,6-10,15H2,1H3. The molecule has 1 heterocycles. The van der Waals surface area contributed by atoms with Gasteiger partial charge in [0.1, 0.15) is 0 Å². The SMILES string of the molecule is CN(C(=O)CC1CCSCC1)c1ccccc1N. The molecular weight excluding hydrogens is 244 g/mol. The normalized spacial score (nSPS) is 16.5. The van der Waals surface area contributed by atoms with Crippen molar-refractivity contribution in [2.75, 3.05) is 29.2 Å². The summed E-state index contributed by atoms with van der Waals surface area (Å²) in [5, 5.41) is 0. The maximum atomic E-state index is 12.2. The fraction of sp³-hybridized carbons (Fsp3) is 0.500. The lowest BCUT2D eigenvalue weighted by atomic mass is 9.98. The van der Waals surface area contributed by atoms with Crippen LogP contribution in [0.4, 0.5) is 11.4 Å². The second-order valence-corrected chi connectivity index (χ2v) is 6.00. The predicted molar refractivity (Wildman–Crippen MR) is 78.9 cm³/mol. The van der Waals surface area contributed by atoms with Gasteiger partial charge in [-0.15, -0.1) is 0 Å². The minimum Gasteiger partial charge on any atom is -0.397 e. The van der Waals surface area contributed by atoms with Crippen LogP contribution in [-0.2, 0) is 4.79 Å². The summed E-state index contributed by atoms with van der Waals surface area (Å²) in [5.74, 6) is 3.10. The molecule has 0 spiro atoms. The third kappa shape index (κ3) is 3.19. The highest BCUT2D eigenvalue weighted by atomic mass is 32.2. The van der Waals surface area contributed by atoms with Crippen molar-refractivity contribution < 1.29 is 4.79 Å². The molecule has 2 rings (SSSR count). The minimum absolute atomic E-state index is 0.171. The van der Waals surface area contributed by atoms with Crippen molar-refractivity contribution in [2.45, 2.75) is 19.3 Å². The van der Waals surface area contributed by atoms with Gasteiger partial charge in [0.2, 0.25) is 5.91 Å². The van der Waals surface area contributed by atoms with E-state index in [-0.39, 0.29) is 5.91 Å². The second kappa shape index (κ2) is 6.14. The summed E-state index contributed by atoms with van der Waals surface area (Å²) < 4.78 is 0. The molecule has 98 valence electrons. The minimum atomic E-state index is 0.171. The zero-order valence-electron chi connectivity index (χ0n) is 10.8. The number of nitrogens with two attached hydrogens (primary N) is 1. The van der Waals surface area contributed by atoms with Gasteiger partial charge in [-0.25, -0.2) is 0 Å². The zero-order valence-corrected chi connectivity index (χ0v) is 11.6. The molecule has 1 aliphatic rings. The van der Waals surface area contributed by atoms with Crippen LogP contribution in [0.25, 0.3) is 0 Å². The quantitative estimate of drug-likeness (QED) is 0.854. The van der Waals surface area contributed by atoms with Gasteiger partial charge in [-0.3, -0.25) is 4.79 Å². The average molecular weight is 264 g/mol. The van der Waals surface area contributed by atoms with Gasteiger partial charge in [0.05, 0.1) is 11.4 Å². The number of hydrogen-bond acceptors (Lipinski definition) is 3. The van der Waals surface area contributed by atoms with Gasteiger partial charge in [0.25, 0.3) is 0 Å². The Morgan fingerprint density at radius 1 is 1.39 bits per heavy atom. The highest BCUT2D eigenvalue weighted by Gasteiger charge is 2.20. The third-order valence-corrected chi connectivity index (χ3v) is 4.53. The van der Waals surface area contributed by atoms with Crippen molar-refractivity contribution in [1.82, 2.24) is 0 Å². The molecule has 1 aromatic rings. The summed E-state index contributed by atoms with van der Waals surface area (Å²) in [4.78, 5) is 13.9. The Bertz CT molecular complexity index is 416. The number of carbonyl (C=O) groups excluding carboxylic acids is 1. The van der Waals surface area contributed by atoms with Crippen LogP contribution in [0.2, 0.25) is 0 Å². The Morgan fingerprint density at radius 2 is 2.06 bits per heavy atom. The third-order valence-electron chi connectivity index (χ3n) is 3.48. The molecule has 2 N–H and O–H groups in total. The number of benzene rings is 1. The Labute approximate surface area is 113 Å². The molecule has 0 unspecified atom stereocenters. The first-order valence-electron chi connectivity index (χ1n) is 6.37. The van der Waals surface area contributed by atoms with Crippen LogP contribution in [0.15, 0.2) is 24.3 Å². The highest BCUT2D eigenvalue weighted by Crippen LogP contribution is 2.27. The maximum Gasteiger partial charge on any atom is 0.227 e. The molecule has 1 saturated heterocycles. The van der Waals surface area contributed by atoms with Crippen molar-refractivity contribution >= 4 is 29.0 Å². The van der Waals surface area contributed by atoms with Gasteiger partial charge >= 0.3 is 0 Å². The first-order chi connectivity index (χ1) is 8.68. The number of carbonyl (C=O) groups is 1. The number of hydrogen-bond donors (Lipinski definition) is 1. The lowest BCUT2D eigenvalue weighted by molar-refractivity contribution is -0.119. The fourth-order valence-corrected chi connectivity index (χ4v) is 3.47. The van der Waals surface area contributed by atoms with E-state index in [0.717, 1.165) is 18.5 Å². The number of amides is 1. The predicted octanol–water partition coefficient (Wildman–Crippen LogP) is 2.76. The van der Waals surface area contributed by atoms with E-state index in [1.807, 2.05) is 43.1 Å². The van der Waals surface area contributed by atoms with Gasteiger partial charge in [-0.1, -0.05) is 12.1 Å². The molecule has 0 aliphatic carbocycles. The molecule has 4 heteroatoms. The Balaban J connectivity index is 1.98. The molecule has 0 aromatic heterocycles. The molecule has 18 heavy (non-hydrogen) atoms. The molecular formula is C14H20N2OS. The van der Waals surface area contributed by atoms with Gasteiger partial charge in [0, 0.05) is 13.5 Å². The van der Waals surface area contributed by atoms with Crippen molar-refractivity contribution in [1.29, 1.82) is 0 Å². The number of anilines is 2. The van der Waals surface area contributed by atoms with Gasteiger partial charge < -0.3 is 10.6 Å². The summed E-state index contributed by atoms with van der Waals surface area (Å²) in [7, 11) is 1.81. The van der Waals surface area contributed by atoms with E-state index in [0.29, 0.717) is 18.0 Å². The first kappa shape index (κ1) is 13.3. The van der Waals surface area contributed by atoms with Crippen LogP contribution in [0, 0.1) is 5.92 Å².